The Morgan fingerprint density at radius 3 is 2.52 bits per heavy atom. The second-order valence-corrected chi connectivity index (χ2v) is 5.96. The van der Waals surface area contributed by atoms with E-state index in [2.05, 4.69) is 20.6 Å². The standard InChI is InChI=1S/C15H27N5O.2ClH/c1-10-14(11(2)19(5)18-10)17-15(21)12(3)20-8-6-7-13(9-20)16-4;;/h12-13,16H,6-9H2,1-5H3,(H,17,21);2*1H. The number of carbonyl (C=O) groups excluding carboxylic acids is 1. The number of hydrogen-bond donors (Lipinski definition) is 2. The van der Waals surface area contributed by atoms with E-state index in [1.165, 1.54) is 6.42 Å². The zero-order chi connectivity index (χ0) is 15.6. The molecule has 2 N–H and O–H groups in total. The lowest BCUT2D eigenvalue weighted by atomic mass is 10.0. The molecule has 0 aromatic carbocycles. The van der Waals surface area contributed by atoms with E-state index in [1.54, 1.807) is 4.68 Å². The van der Waals surface area contributed by atoms with Gasteiger partial charge in [0.1, 0.15) is 0 Å². The second-order valence-electron chi connectivity index (χ2n) is 5.96. The van der Waals surface area contributed by atoms with Crippen LogP contribution >= 0.6 is 24.8 Å². The monoisotopic (exact) mass is 365 g/mol. The predicted octanol–water partition coefficient (Wildman–Crippen LogP) is 1.89. The van der Waals surface area contributed by atoms with Crippen molar-refractivity contribution < 1.29 is 4.79 Å². The molecule has 2 heterocycles. The predicted molar refractivity (Wildman–Crippen MR) is 98.9 cm³/mol. The number of likely N-dealkylation sites (N-methyl/N-ethyl adjacent to an activating group) is 1. The Morgan fingerprint density at radius 1 is 1.35 bits per heavy atom. The molecular formula is C15H29Cl2N5O. The summed E-state index contributed by atoms with van der Waals surface area (Å²) in [5.74, 6) is 0.0472. The van der Waals surface area contributed by atoms with E-state index in [9.17, 15) is 4.79 Å². The van der Waals surface area contributed by atoms with Gasteiger partial charge in [0.05, 0.1) is 23.1 Å². The van der Waals surface area contributed by atoms with E-state index < -0.39 is 0 Å². The van der Waals surface area contributed by atoms with Crippen LogP contribution in [0.5, 0.6) is 0 Å². The number of piperidine rings is 1. The Morgan fingerprint density at radius 2 is 2.00 bits per heavy atom. The van der Waals surface area contributed by atoms with Crippen molar-refractivity contribution in [1.29, 1.82) is 0 Å². The second kappa shape index (κ2) is 9.47. The van der Waals surface area contributed by atoms with Crippen LogP contribution in [-0.4, -0.2) is 52.8 Å². The SMILES string of the molecule is CNC1CCCN(C(C)C(=O)Nc2c(C)nn(C)c2C)C1.Cl.Cl. The maximum Gasteiger partial charge on any atom is 0.241 e. The van der Waals surface area contributed by atoms with Crippen molar-refractivity contribution in [3.63, 3.8) is 0 Å². The van der Waals surface area contributed by atoms with Crippen molar-refractivity contribution in [1.82, 2.24) is 20.0 Å². The van der Waals surface area contributed by atoms with Crippen molar-refractivity contribution in [2.45, 2.75) is 45.7 Å². The number of aryl methyl sites for hydroxylation is 2. The fourth-order valence-corrected chi connectivity index (χ4v) is 2.94. The molecule has 0 bridgehead atoms. The topological polar surface area (TPSA) is 62.2 Å². The number of halogens is 2. The molecule has 2 rings (SSSR count). The molecule has 1 aromatic heterocycles. The van der Waals surface area contributed by atoms with Crippen LogP contribution in [-0.2, 0) is 11.8 Å². The van der Waals surface area contributed by atoms with Gasteiger partial charge in [0.25, 0.3) is 0 Å². The van der Waals surface area contributed by atoms with Crippen molar-refractivity contribution in [2.24, 2.45) is 7.05 Å². The number of carbonyl (C=O) groups is 1. The molecule has 8 heteroatoms. The molecule has 0 spiro atoms. The minimum absolute atomic E-state index is 0. The van der Waals surface area contributed by atoms with Gasteiger partial charge in [-0.3, -0.25) is 14.4 Å². The van der Waals surface area contributed by atoms with Gasteiger partial charge in [-0.05, 0) is 47.2 Å². The van der Waals surface area contributed by atoms with Gasteiger partial charge in [-0.1, -0.05) is 0 Å². The molecule has 23 heavy (non-hydrogen) atoms. The normalized spacial score (nSPS) is 19.4. The third-order valence-electron chi connectivity index (χ3n) is 4.55. The Bertz CT molecular complexity index is 520. The number of rotatable bonds is 4. The van der Waals surface area contributed by atoms with Crippen molar-refractivity contribution >= 4 is 36.4 Å². The number of anilines is 1. The van der Waals surface area contributed by atoms with Crippen molar-refractivity contribution in [2.75, 3.05) is 25.5 Å². The Balaban J connectivity index is 0.00000242. The van der Waals surface area contributed by atoms with Crippen LogP contribution in [0.1, 0.15) is 31.2 Å². The summed E-state index contributed by atoms with van der Waals surface area (Å²) in [6, 6.07) is 0.357. The zero-order valence-corrected chi connectivity index (χ0v) is 16.2. The molecule has 1 aliphatic rings. The molecule has 1 aromatic rings. The van der Waals surface area contributed by atoms with Crippen LogP contribution in [0.15, 0.2) is 0 Å². The molecule has 134 valence electrons. The van der Waals surface area contributed by atoms with Crippen molar-refractivity contribution in [3.05, 3.63) is 11.4 Å². The van der Waals surface area contributed by atoms with Gasteiger partial charge in [-0.25, -0.2) is 0 Å². The highest BCUT2D eigenvalue weighted by molar-refractivity contribution is 5.95. The van der Waals surface area contributed by atoms with Crippen LogP contribution in [0.3, 0.4) is 0 Å². The number of amides is 1. The van der Waals surface area contributed by atoms with Crippen LogP contribution in [0.4, 0.5) is 5.69 Å². The summed E-state index contributed by atoms with van der Waals surface area (Å²) >= 11 is 0. The lowest BCUT2D eigenvalue weighted by Crippen LogP contribution is -2.51. The van der Waals surface area contributed by atoms with Gasteiger partial charge in [-0.15, -0.1) is 24.8 Å². The first-order valence-corrected chi connectivity index (χ1v) is 7.66. The smallest absolute Gasteiger partial charge is 0.241 e. The van der Waals surface area contributed by atoms with Crippen LogP contribution in [0.2, 0.25) is 0 Å². The van der Waals surface area contributed by atoms with Gasteiger partial charge in [-0.2, -0.15) is 5.10 Å². The lowest BCUT2D eigenvalue weighted by Gasteiger charge is -2.35. The van der Waals surface area contributed by atoms with E-state index in [-0.39, 0.29) is 36.8 Å². The molecule has 1 aliphatic heterocycles. The fourth-order valence-electron chi connectivity index (χ4n) is 2.94. The summed E-state index contributed by atoms with van der Waals surface area (Å²) < 4.78 is 1.80. The molecule has 0 saturated carbocycles. The molecule has 2 unspecified atom stereocenters. The summed E-state index contributed by atoms with van der Waals surface area (Å²) in [5, 5.41) is 10.7. The molecule has 6 nitrogen and oxygen atoms in total. The molecule has 1 amide bonds. The average molecular weight is 366 g/mol. The van der Waals surface area contributed by atoms with Crippen molar-refractivity contribution in [3.8, 4) is 0 Å². The number of aromatic nitrogens is 2. The molecule has 1 saturated heterocycles. The highest BCUT2D eigenvalue weighted by Crippen LogP contribution is 2.20. The molecular weight excluding hydrogens is 337 g/mol. The van der Waals surface area contributed by atoms with E-state index >= 15 is 0 Å². The molecule has 0 aliphatic carbocycles. The van der Waals surface area contributed by atoms with Crippen LogP contribution < -0.4 is 10.6 Å². The van der Waals surface area contributed by atoms with Crippen LogP contribution in [0, 0.1) is 13.8 Å². The van der Waals surface area contributed by atoms with Gasteiger partial charge >= 0.3 is 0 Å². The minimum Gasteiger partial charge on any atom is -0.322 e. The highest BCUT2D eigenvalue weighted by atomic mass is 35.5. The fraction of sp³-hybridized carbons (Fsp3) is 0.733. The minimum atomic E-state index is -0.125. The summed E-state index contributed by atoms with van der Waals surface area (Å²) in [5.41, 5.74) is 2.69. The van der Waals surface area contributed by atoms with E-state index in [1.807, 2.05) is 34.9 Å². The van der Waals surface area contributed by atoms with Crippen LogP contribution in [0.25, 0.3) is 0 Å². The summed E-state index contributed by atoms with van der Waals surface area (Å²) in [6.07, 6.45) is 2.32. The maximum atomic E-state index is 12.5. The number of nitrogens with one attached hydrogen (secondary N) is 2. The van der Waals surface area contributed by atoms with Gasteiger partial charge in [0.15, 0.2) is 0 Å². The van der Waals surface area contributed by atoms with Gasteiger partial charge in [0.2, 0.25) is 5.91 Å². The number of nitrogens with zero attached hydrogens (tertiary/aromatic N) is 3. The van der Waals surface area contributed by atoms with Gasteiger partial charge in [0, 0.05) is 19.6 Å². The largest absolute Gasteiger partial charge is 0.322 e. The Hall–Kier alpha value is -0.820. The Kier molecular flexibility index (Phi) is 9.13. The third kappa shape index (κ3) is 5.08. The first-order valence-electron chi connectivity index (χ1n) is 7.66. The molecule has 1 fully saturated rings. The highest BCUT2D eigenvalue weighted by Gasteiger charge is 2.27. The first kappa shape index (κ1) is 22.2. The van der Waals surface area contributed by atoms with E-state index in [0.717, 1.165) is 36.6 Å². The summed E-state index contributed by atoms with van der Waals surface area (Å²) in [4.78, 5) is 14.8. The molecule has 2 atom stereocenters. The van der Waals surface area contributed by atoms with E-state index in [0.29, 0.717) is 6.04 Å². The summed E-state index contributed by atoms with van der Waals surface area (Å²) in [6.45, 7) is 7.78. The van der Waals surface area contributed by atoms with E-state index in [4.69, 9.17) is 0 Å². The number of likely N-dealkylation sites (tertiary alicyclic amines) is 1. The van der Waals surface area contributed by atoms with Gasteiger partial charge < -0.3 is 10.6 Å². The zero-order valence-electron chi connectivity index (χ0n) is 14.5. The first-order chi connectivity index (χ1) is 9.93. The lowest BCUT2D eigenvalue weighted by molar-refractivity contribution is -0.121. The average Bonchev–Trinajstić information content (AvgIpc) is 2.72. The quantitative estimate of drug-likeness (QED) is 0.854. The number of hydrogen-bond acceptors (Lipinski definition) is 4. The third-order valence-corrected chi connectivity index (χ3v) is 4.55. The maximum absolute atomic E-state index is 12.5. The summed E-state index contributed by atoms with van der Waals surface area (Å²) in [7, 11) is 3.88. The molecule has 0 radical (unpaired) electrons. The Labute approximate surface area is 151 Å².